The van der Waals surface area contributed by atoms with Crippen molar-refractivity contribution in [3.05, 3.63) is 34.7 Å². The SMILES string of the molecule is CSc1cc(Cl)cc([C](C)C)c1. The zero-order chi connectivity index (χ0) is 9.14. The summed E-state index contributed by atoms with van der Waals surface area (Å²) in [5, 5.41) is 0.818. The fourth-order valence-corrected chi connectivity index (χ4v) is 1.76. The Morgan fingerprint density at radius 3 is 2.42 bits per heavy atom. The first-order valence-corrected chi connectivity index (χ1v) is 5.39. The van der Waals surface area contributed by atoms with Crippen LogP contribution in [0.4, 0.5) is 0 Å². The van der Waals surface area contributed by atoms with Crippen LogP contribution in [0.3, 0.4) is 0 Å². The summed E-state index contributed by atoms with van der Waals surface area (Å²) in [7, 11) is 0. The van der Waals surface area contributed by atoms with Crippen molar-refractivity contribution in [3.8, 4) is 0 Å². The molecule has 2 heteroatoms. The number of thioether (sulfide) groups is 1. The van der Waals surface area contributed by atoms with Gasteiger partial charge in [-0.3, -0.25) is 0 Å². The average molecular weight is 200 g/mol. The molecule has 0 unspecified atom stereocenters. The first-order valence-electron chi connectivity index (χ1n) is 3.78. The fourth-order valence-electron chi connectivity index (χ4n) is 0.969. The molecular formula is C10H12ClS. The zero-order valence-electron chi connectivity index (χ0n) is 7.52. The molecule has 0 aromatic heterocycles. The number of hydrogen-bond donors (Lipinski definition) is 0. The molecule has 65 valence electrons. The van der Waals surface area contributed by atoms with Gasteiger partial charge in [0.25, 0.3) is 0 Å². The molecule has 0 spiro atoms. The van der Waals surface area contributed by atoms with Crippen LogP contribution in [0.15, 0.2) is 23.1 Å². The van der Waals surface area contributed by atoms with Gasteiger partial charge in [0.05, 0.1) is 0 Å². The van der Waals surface area contributed by atoms with Crippen molar-refractivity contribution in [2.45, 2.75) is 18.7 Å². The molecule has 1 aromatic rings. The summed E-state index contributed by atoms with van der Waals surface area (Å²) in [6.45, 7) is 4.19. The second-order valence-electron chi connectivity index (χ2n) is 2.88. The second kappa shape index (κ2) is 4.20. The molecule has 0 saturated carbocycles. The molecule has 0 aliphatic rings. The van der Waals surface area contributed by atoms with Gasteiger partial charge in [-0.05, 0) is 35.9 Å². The Balaban J connectivity index is 3.06. The summed E-state index contributed by atoms with van der Waals surface area (Å²) in [5.41, 5.74) is 1.23. The van der Waals surface area contributed by atoms with Crippen LogP contribution in [-0.4, -0.2) is 6.26 Å². The van der Waals surface area contributed by atoms with E-state index in [-0.39, 0.29) is 0 Å². The van der Waals surface area contributed by atoms with Gasteiger partial charge in [-0.15, -0.1) is 11.8 Å². The highest BCUT2D eigenvalue weighted by Gasteiger charge is 2.02. The maximum Gasteiger partial charge on any atom is 0.0420 e. The van der Waals surface area contributed by atoms with Crippen molar-refractivity contribution < 1.29 is 0 Å². The zero-order valence-corrected chi connectivity index (χ0v) is 9.09. The van der Waals surface area contributed by atoms with E-state index >= 15 is 0 Å². The smallest absolute Gasteiger partial charge is 0.0420 e. The van der Waals surface area contributed by atoms with E-state index in [1.165, 1.54) is 16.4 Å². The van der Waals surface area contributed by atoms with Gasteiger partial charge < -0.3 is 0 Å². The van der Waals surface area contributed by atoms with Gasteiger partial charge in [0.1, 0.15) is 0 Å². The molecular weight excluding hydrogens is 188 g/mol. The average Bonchev–Trinajstić information content (AvgIpc) is 2.03. The molecule has 0 aliphatic heterocycles. The van der Waals surface area contributed by atoms with Gasteiger partial charge >= 0.3 is 0 Å². The van der Waals surface area contributed by atoms with Crippen LogP contribution in [0.1, 0.15) is 19.4 Å². The maximum absolute atomic E-state index is 5.95. The third kappa shape index (κ3) is 2.43. The van der Waals surface area contributed by atoms with Crippen LogP contribution in [0.25, 0.3) is 0 Å². The van der Waals surface area contributed by atoms with Crippen molar-refractivity contribution in [1.82, 2.24) is 0 Å². The lowest BCUT2D eigenvalue weighted by Crippen LogP contribution is -1.88. The normalized spacial score (nSPS) is 10.8. The fraction of sp³-hybridized carbons (Fsp3) is 0.300. The first-order chi connectivity index (χ1) is 5.63. The van der Waals surface area contributed by atoms with E-state index in [1.54, 1.807) is 11.8 Å². The van der Waals surface area contributed by atoms with E-state index in [1.807, 2.05) is 12.1 Å². The van der Waals surface area contributed by atoms with Gasteiger partial charge in [-0.25, -0.2) is 0 Å². The second-order valence-corrected chi connectivity index (χ2v) is 4.20. The number of benzene rings is 1. The summed E-state index contributed by atoms with van der Waals surface area (Å²) in [5.74, 6) is 1.30. The largest absolute Gasteiger partial charge is 0.130 e. The third-order valence-electron chi connectivity index (χ3n) is 1.68. The summed E-state index contributed by atoms with van der Waals surface area (Å²) in [6.07, 6.45) is 2.06. The Morgan fingerprint density at radius 2 is 1.92 bits per heavy atom. The lowest BCUT2D eigenvalue weighted by Gasteiger charge is -2.06. The molecule has 0 bridgehead atoms. The molecule has 12 heavy (non-hydrogen) atoms. The summed E-state index contributed by atoms with van der Waals surface area (Å²) in [4.78, 5) is 1.22. The highest BCUT2D eigenvalue weighted by molar-refractivity contribution is 7.98. The molecule has 0 amide bonds. The molecule has 1 radical (unpaired) electrons. The highest BCUT2D eigenvalue weighted by atomic mass is 35.5. The van der Waals surface area contributed by atoms with Crippen molar-refractivity contribution in [2.24, 2.45) is 0 Å². The lowest BCUT2D eigenvalue weighted by molar-refractivity contribution is 1.13. The van der Waals surface area contributed by atoms with E-state index < -0.39 is 0 Å². The summed E-state index contributed by atoms with van der Waals surface area (Å²) < 4.78 is 0. The van der Waals surface area contributed by atoms with Crippen molar-refractivity contribution >= 4 is 23.4 Å². The predicted octanol–water partition coefficient (Wildman–Crippen LogP) is 4.02. The summed E-state index contributed by atoms with van der Waals surface area (Å²) in [6, 6.07) is 6.14. The number of hydrogen-bond acceptors (Lipinski definition) is 1. The van der Waals surface area contributed by atoms with Crippen molar-refractivity contribution in [3.63, 3.8) is 0 Å². The van der Waals surface area contributed by atoms with Crippen molar-refractivity contribution in [2.75, 3.05) is 6.26 Å². The van der Waals surface area contributed by atoms with E-state index in [9.17, 15) is 0 Å². The molecule has 1 rings (SSSR count). The molecule has 0 aliphatic carbocycles. The molecule has 0 heterocycles. The Bertz CT molecular complexity index is 269. The van der Waals surface area contributed by atoms with Gasteiger partial charge in [-0.1, -0.05) is 25.4 Å². The molecule has 1 aromatic carbocycles. The quantitative estimate of drug-likeness (QED) is 0.649. The first kappa shape index (κ1) is 9.94. The van der Waals surface area contributed by atoms with Crippen LogP contribution < -0.4 is 0 Å². The lowest BCUT2D eigenvalue weighted by atomic mass is 10.0. The van der Waals surface area contributed by atoms with Crippen molar-refractivity contribution in [1.29, 1.82) is 0 Å². The minimum atomic E-state index is 0.818. The van der Waals surface area contributed by atoms with E-state index in [0.717, 1.165) is 5.02 Å². The van der Waals surface area contributed by atoms with E-state index in [0.29, 0.717) is 0 Å². The standard InChI is InChI=1S/C10H12ClS/c1-7(2)8-4-9(11)6-10(5-8)12-3/h4-6H,1-3H3. The molecule has 0 N–H and O–H groups in total. The monoisotopic (exact) mass is 199 g/mol. The van der Waals surface area contributed by atoms with E-state index in [2.05, 4.69) is 26.2 Å². The van der Waals surface area contributed by atoms with Crippen LogP contribution in [0.2, 0.25) is 5.02 Å². The van der Waals surface area contributed by atoms with Crippen LogP contribution in [0, 0.1) is 5.92 Å². The highest BCUT2D eigenvalue weighted by Crippen LogP contribution is 2.25. The van der Waals surface area contributed by atoms with Crippen LogP contribution in [0.5, 0.6) is 0 Å². The number of rotatable bonds is 2. The van der Waals surface area contributed by atoms with E-state index in [4.69, 9.17) is 11.6 Å². The van der Waals surface area contributed by atoms with Gasteiger partial charge in [0.15, 0.2) is 0 Å². The Hall–Kier alpha value is -0.140. The molecule has 0 nitrogen and oxygen atoms in total. The minimum Gasteiger partial charge on any atom is -0.130 e. The Labute approximate surface area is 83.3 Å². The number of halogens is 1. The van der Waals surface area contributed by atoms with Gasteiger partial charge in [0.2, 0.25) is 0 Å². The molecule has 0 atom stereocenters. The third-order valence-corrected chi connectivity index (χ3v) is 2.61. The minimum absolute atomic E-state index is 0.818. The van der Waals surface area contributed by atoms with Crippen LogP contribution in [-0.2, 0) is 0 Å². The Morgan fingerprint density at radius 1 is 1.25 bits per heavy atom. The predicted molar refractivity (Wildman–Crippen MR) is 56.9 cm³/mol. The topological polar surface area (TPSA) is 0 Å². The van der Waals surface area contributed by atoms with Crippen LogP contribution >= 0.6 is 23.4 Å². The molecule has 0 fully saturated rings. The Kier molecular flexibility index (Phi) is 3.48. The van der Waals surface area contributed by atoms with Gasteiger partial charge in [-0.2, -0.15) is 0 Å². The molecule has 0 saturated heterocycles. The van der Waals surface area contributed by atoms with Gasteiger partial charge in [0, 0.05) is 9.92 Å². The summed E-state index contributed by atoms with van der Waals surface area (Å²) >= 11 is 7.66. The maximum atomic E-state index is 5.95.